The highest BCUT2D eigenvalue weighted by atomic mass is 32.2. The van der Waals surface area contributed by atoms with Crippen LogP contribution in [-0.2, 0) is 18.6 Å². The van der Waals surface area contributed by atoms with E-state index >= 15 is 0 Å². The number of pyridine rings is 1. The first-order valence-electron chi connectivity index (χ1n) is 13.6. The third kappa shape index (κ3) is 5.03. The number of likely N-dealkylation sites (N-methyl/N-ethyl adjacent to an activating group) is 1. The van der Waals surface area contributed by atoms with E-state index in [1.165, 1.54) is 34.1 Å². The van der Waals surface area contributed by atoms with E-state index in [0.717, 1.165) is 76.5 Å². The molecule has 0 saturated heterocycles. The van der Waals surface area contributed by atoms with Gasteiger partial charge in [0, 0.05) is 29.8 Å². The molecule has 0 saturated carbocycles. The molecule has 5 aromatic rings. The van der Waals surface area contributed by atoms with Crippen molar-refractivity contribution in [3.63, 3.8) is 0 Å². The van der Waals surface area contributed by atoms with E-state index in [0.29, 0.717) is 0 Å². The van der Waals surface area contributed by atoms with Crippen molar-refractivity contribution < 1.29 is 0 Å². The first-order valence-corrected chi connectivity index (χ1v) is 15.4. The maximum atomic E-state index is 5.26. The Morgan fingerprint density at radius 2 is 1.63 bits per heavy atom. The maximum Gasteiger partial charge on any atom is 0.190 e. The predicted octanol–water partition coefficient (Wildman–Crippen LogP) is 7.44. The zero-order valence-electron chi connectivity index (χ0n) is 22.0. The third-order valence-corrected chi connectivity index (χ3v) is 9.38. The molecule has 0 fully saturated rings. The molecule has 0 amide bonds. The summed E-state index contributed by atoms with van der Waals surface area (Å²) in [6, 6.07) is 21.2. The van der Waals surface area contributed by atoms with Crippen LogP contribution in [0.2, 0.25) is 0 Å². The van der Waals surface area contributed by atoms with Crippen LogP contribution < -0.4 is 5.32 Å². The smallest absolute Gasteiger partial charge is 0.190 e. The predicted molar refractivity (Wildman–Crippen MR) is 162 cm³/mol. The molecule has 0 atom stereocenters. The highest BCUT2D eigenvalue weighted by Gasteiger charge is 2.25. The second kappa shape index (κ2) is 11.4. The van der Waals surface area contributed by atoms with Crippen LogP contribution in [0.1, 0.15) is 37.0 Å². The van der Waals surface area contributed by atoms with Crippen molar-refractivity contribution in [2.24, 2.45) is 0 Å². The van der Waals surface area contributed by atoms with Crippen LogP contribution >= 0.6 is 23.1 Å². The minimum Gasteiger partial charge on any atom is -0.367 e. The Morgan fingerprint density at radius 3 is 2.39 bits per heavy atom. The number of aromatic nitrogens is 3. The molecule has 0 spiro atoms. The number of thioether (sulfide) groups is 1. The summed E-state index contributed by atoms with van der Waals surface area (Å²) in [7, 11) is 0. The topological polar surface area (TPSA) is 53.9 Å². The van der Waals surface area contributed by atoms with Crippen LogP contribution in [0, 0.1) is 0 Å². The summed E-state index contributed by atoms with van der Waals surface area (Å²) < 4.78 is 1.12. The van der Waals surface area contributed by atoms with Gasteiger partial charge < -0.3 is 10.2 Å². The van der Waals surface area contributed by atoms with Crippen LogP contribution in [-0.4, -0.2) is 46.0 Å². The summed E-state index contributed by atoms with van der Waals surface area (Å²) in [6.07, 6.45) is 3.33. The first-order chi connectivity index (χ1) is 18.7. The second-order valence-corrected chi connectivity index (χ2v) is 11.6. The average Bonchev–Trinajstić information content (AvgIpc) is 3.59. The molecule has 0 radical (unpaired) electrons. The Balaban J connectivity index is 1.45. The number of anilines is 1. The Kier molecular flexibility index (Phi) is 7.58. The van der Waals surface area contributed by atoms with Crippen molar-refractivity contribution in [2.75, 3.05) is 31.5 Å². The van der Waals surface area contributed by atoms with Crippen LogP contribution in [0.25, 0.3) is 31.7 Å². The van der Waals surface area contributed by atoms with Gasteiger partial charge in [0.2, 0.25) is 0 Å². The molecule has 0 unspecified atom stereocenters. The number of rotatable bonds is 10. The summed E-state index contributed by atoms with van der Waals surface area (Å²) in [5.74, 6) is 1.79. The minimum absolute atomic E-state index is 0.824. The van der Waals surface area contributed by atoms with Gasteiger partial charge in [0.15, 0.2) is 5.16 Å². The summed E-state index contributed by atoms with van der Waals surface area (Å²) in [5.41, 5.74) is 7.52. The fraction of sp³-hybridized carbons (Fsp3) is 0.323. The lowest BCUT2D eigenvalue weighted by molar-refractivity contribution is 0.316. The first kappa shape index (κ1) is 25.3. The molecule has 3 heterocycles. The van der Waals surface area contributed by atoms with Crippen LogP contribution in [0.4, 0.5) is 5.82 Å². The highest BCUT2D eigenvalue weighted by Crippen LogP contribution is 2.44. The van der Waals surface area contributed by atoms with Crippen LogP contribution in [0.3, 0.4) is 0 Å². The molecule has 7 heteroatoms. The molecule has 1 aliphatic carbocycles. The number of aryl methyl sites for hydroxylation is 1. The van der Waals surface area contributed by atoms with Crippen molar-refractivity contribution in [2.45, 2.75) is 44.0 Å². The zero-order valence-corrected chi connectivity index (χ0v) is 23.7. The summed E-state index contributed by atoms with van der Waals surface area (Å²) >= 11 is 3.44. The largest absolute Gasteiger partial charge is 0.367 e. The van der Waals surface area contributed by atoms with Gasteiger partial charge in [0.05, 0.1) is 15.9 Å². The van der Waals surface area contributed by atoms with E-state index in [4.69, 9.17) is 15.0 Å². The number of hydrogen-bond acceptors (Lipinski definition) is 7. The number of nitrogens with zero attached hydrogens (tertiary/aromatic N) is 4. The van der Waals surface area contributed by atoms with E-state index in [9.17, 15) is 0 Å². The standard InChI is InChI=1S/C31H33N5S2/c1-3-36(4-2)19-18-32-29-28-27(34-31(35-29)37-20-21-12-7-5-8-13-21)25-23-16-11-17-24(23)26(33-30(25)38-28)22-14-9-6-10-15-22/h5-10,12-15H,3-4,11,16-20H2,1-2H3,(H,32,34,35). The van der Waals surface area contributed by atoms with E-state index in [1.54, 1.807) is 23.1 Å². The van der Waals surface area contributed by atoms with Gasteiger partial charge in [-0.15, -0.1) is 11.3 Å². The molecule has 6 rings (SSSR count). The number of thiophene rings is 1. The summed E-state index contributed by atoms with van der Waals surface area (Å²) in [6.45, 7) is 8.38. The van der Waals surface area contributed by atoms with Gasteiger partial charge in [-0.2, -0.15) is 0 Å². The summed E-state index contributed by atoms with van der Waals surface area (Å²) in [4.78, 5) is 19.0. The Hall–Kier alpha value is -3.00. The molecule has 38 heavy (non-hydrogen) atoms. The van der Waals surface area contributed by atoms with Gasteiger partial charge >= 0.3 is 0 Å². The van der Waals surface area contributed by atoms with Gasteiger partial charge in [-0.25, -0.2) is 15.0 Å². The van der Waals surface area contributed by atoms with E-state index in [1.807, 2.05) is 0 Å². The summed E-state index contributed by atoms with van der Waals surface area (Å²) in [5, 5.41) is 5.74. The Morgan fingerprint density at radius 1 is 0.895 bits per heavy atom. The SMILES string of the molecule is CCN(CC)CCNc1nc(SCc2ccccc2)nc2c1sc1nc(-c3ccccc3)c3c(c12)CCC3. The molecule has 0 aliphatic heterocycles. The van der Waals surface area contributed by atoms with E-state index in [-0.39, 0.29) is 0 Å². The van der Waals surface area contributed by atoms with Crippen molar-refractivity contribution in [1.82, 2.24) is 19.9 Å². The Labute approximate surface area is 232 Å². The van der Waals surface area contributed by atoms with Gasteiger partial charge in [-0.1, -0.05) is 86.3 Å². The third-order valence-electron chi connectivity index (χ3n) is 7.39. The van der Waals surface area contributed by atoms with E-state index in [2.05, 4.69) is 84.7 Å². The fourth-order valence-corrected chi connectivity index (χ4v) is 7.27. The molecule has 5 nitrogen and oxygen atoms in total. The van der Waals surface area contributed by atoms with Crippen LogP contribution in [0.5, 0.6) is 0 Å². The van der Waals surface area contributed by atoms with Gasteiger partial charge in [-0.3, -0.25) is 0 Å². The number of nitrogens with one attached hydrogen (secondary N) is 1. The van der Waals surface area contributed by atoms with Crippen LogP contribution in [0.15, 0.2) is 65.8 Å². The molecular weight excluding hydrogens is 507 g/mol. The molecular formula is C31H33N5S2. The zero-order chi connectivity index (χ0) is 25.9. The maximum absolute atomic E-state index is 5.26. The lowest BCUT2D eigenvalue weighted by atomic mass is 10.0. The van der Waals surface area contributed by atoms with Crippen molar-refractivity contribution in [3.05, 3.63) is 77.4 Å². The number of hydrogen-bond donors (Lipinski definition) is 1. The van der Waals surface area contributed by atoms with Crippen molar-refractivity contribution in [3.8, 4) is 11.3 Å². The molecule has 2 aromatic carbocycles. The molecule has 194 valence electrons. The molecule has 1 N–H and O–H groups in total. The fourth-order valence-electron chi connectivity index (χ4n) is 5.36. The van der Waals surface area contributed by atoms with Gasteiger partial charge in [0.1, 0.15) is 10.6 Å². The quantitative estimate of drug-likeness (QED) is 0.147. The van der Waals surface area contributed by atoms with E-state index < -0.39 is 0 Å². The highest BCUT2D eigenvalue weighted by molar-refractivity contribution is 7.98. The number of fused-ring (bicyclic) bond motifs is 5. The average molecular weight is 540 g/mol. The van der Waals surface area contributed by atoms with Gasteiger partial charge in [0.25, 0.3) is 0 Å². The second-order valence-electron chi connectivity index (χ2n) is 9.68. The lowest BCUT2D eigenvalue weighted by Gasteiger charge is -2.18. The Bertz CT molecular complexity index is 1550. The normalized spacial score (nSPS) is 13.0. The molecule has 3 aromatic heterocycles. The van der Waals surface area contributed by atoms with Crippen molar-refractivity contribution >= 4 is 49.3 Å². The van der Waals surface area contributed by atoms with Gasteiger partial charge in [-0.05, 0) is 49.0 Å². The monoisotopic (exact) mass is 539 g/mol. The number of benzene rings is 2. The molecule has 0 bridgehead atoms. The lowest BCUT2D eigenvalue weighted by Crippen LogP contribution is -2.28. The van der Waals surface area contributed by atoms with Crippen molar-refractivity contribution in [1.29, 1.82) is 0 Å². The molecule has 1 aliphatic rings. The minimum atomic E-state index is 0.824.